The van der Waals surface area contributed by atoms with Crippen molar-refractivity contribution in [3.05, 3.63) is 54.1 Å². The maximum Gasteiger partial charge on any atom is 0.418 e. The fourth-order valence-corrected chi connectivity index (χ4v) is 1.63. The van der Waals surface area contributed by atoms with E-state index in [0.29, 0.717) is 5.69 Å². The number of halogens is 4. The Bertz CT molecular complexity index is 612. The predicted octanol–water partition coefficient (Wildman–Crippen LogP) is 5.69. The van der Waals surface area contributed by atoms with Gasteiger partial charge in [-0.15, -0.1) is 5.11 Å². The average molecular weight is 300 g/mol. The van der Waals surface area contributed by atoms with E-state index in [-0.39, 0.29) is 11.4 Å². The fourth-order valence-electron chi connectivity index (χ4n) is 1.52. The van der Waals surface area contributed by atoms with E-state index < -0.39 is 11.7 Å². The average Bonchev–Trinajstić information content (AvgIpc) is 2.45. The smallest absolute Gasteiger partial charge is 0.298 e. The summed E-state index contributed by atoms with van der Waals surface area (Å²) in [5.41, 5.74) is -0.558. The minimum Gasteiger partial charge on any atom is -0.298 e. The van der Waals surface area contributed by atoms with E-state index in [1.807, 2.05) is 0 Å². The van der Waals surface area contributed by atoms with Crippen LogP contribution in [0.1, 0.15) is 5.56 Å². The van der Waals surface area contributed by atoms with Gasteiger partial charge < -0.3 is 0 Å². The Kier molecular flexibility index (Phi) is 4.24. The van der Waals surface area contributed by atoms with E-state index in [1.165, 1.54) is 12.1 Å². The van der Waals surface area contributed by atoms with Gasteiger partial charge >= 0.3 is 6.18 Å². The highest BCUT2D eigenvalue weighted by molar-refractivity contribution is 6.24. The van der Waals surface area contributed by atoms with Crippen LogP contribution in [0, 0.1) is 0 Å². The predicted molar refractivity (Wildman–Crippen MR) is 71.5 cm³/mol. The Hall–Kier alpha value is -2.08. The minimum absolute atomic E-state index is 0.137. The summed E-state index contributed by atoms with van der Waals surface area (Å²) in [4.78, 5) is 2.14. The third kappa shape index (κ3) is 3.48. The largest absolute Gasteiger partial charge is 0.418 e. The van der Waals surface area contributed by atoms with Gasteiger partial charge in [-0.05, 0) is 30.3 Å². The van der Waals surface area contributed by atoms with Gasteiger partial charge in [-0.1, -0.05) is 18.2 Å². The highest BCUT2D eigenvalue weighted by Crippen LogP contribution is 2.38. The second-order valence-electron chi connectivity index (χ2n) is 3.86. The molecule has 0 unspecified atom stereocenters. The summed E-state index contributed by atoms with van der Waals surface area (Å²) in [5, 5.41) is 7.43. The summed E-state index contributed by atoms with van der Waals surface area (Å²) >= 11 is 5.30. The molecule has 0 aromatic heterocycles. The molecule has 2 rings (SSSR count). The van der Waals surface area contributed by atoms with Crippen LogP contribution in [0.2, 0.25) is 0 Å². The standard InChI is InChI=1S/C13H9ClF3N3/c14-18-10-6-7-12(11(8-10)13(15,16)17)20-19-9-4-2-1-3-5-9/h1-8,18H. The van der Waals surface area contributed by atoms with Crippen LogP contribution in [0.25, 0.3) is 0 Å². The van der Waals surface area contributed by atoms with E-state index in [0.717, 1.165) is 6.07 Å². The van der Waals surface area contributed by atoms with Gasteiger partial charge in [0.25, 0.3) is 0 Å². The lowest BCUT2D eigenvalue weighted by atomic mass is 10.1. The zero-order valence-corrected chi connectivity index (χ0v) is 10.8. The molecule has 0 aliphatic rings. The van der Waals surface area contributed by atoms with Crippen molar-refractivity contribution in [1.82, 2.24) is 0 Å². The summed E-state index contributed by atoms with van der Waals surface area (Å²) in [6, 6.07) is 12.0. The zero-order valence-electron chi connectivity index (χ0n) is 10.0. The number of nitrogens with one attached hydrogen (secondary N) is 1. The molecule has 0 fully saturated rings. The molecule has 0 aliphatic heterocycles. The van der Waals surface area contributed by atoms with Crippen molar-refractivity contribution in [3.8, 4) is 0 Å². The molecule has 0 radical (unpaired) electrons. The first kappa shape index (κ1) is 14.3. The number of benzene rings is 2. The van der Waals surface area contributed by atoms with Gasteiger partial charge in [-0.2, -0.15) is 18.3 Å². The highest BCUT2D eigenvalue weighted by atomic mass is 35.5. The topological polar surface area (TPSA) is 36.8 Å². The number of anilines is 1. The quantitative estimate of drug-likeness (QED) is 0.574. The fraction of sp³-hybridized carbons (Fsp3) is 0.0769. The van der Waals surface area contributed by atoms with E-state index in [9.17, 15) is 13.2 Å². The zero-order chi connectivity index (χ0) is 14.6. The Morgan fingerprint density at radius 1 is 0.950 bits per heavy atom. The van der Waals surface area contributed by atoms with Gasteiger partial charge in [0.2, 0.25) is 0 Å². The summed E-state index contributed by atoms with van der Waals surface area (Å²) in [6.45, 7) is 0. The van der Waals surface area contributed by atoms with E-state index in [1.54, 1.807) is 30.3 Å². The number of hydrogen-bond donors (Lipinski definition) is 1. The van der Waals surface area contributed by atoms with Gasteiger partial charge in [0.1, 0.15) is 0 Å². The van der Waals surface area contributed by atoms with Crippen LogP contribution >= 0.6 is 11.8 Å². The molecular formula is C13H9ClF3N3. The normalized spacial score (nSPS) is 11.8. The molecule has 0 atom stereocenters. The summed E-state index contributed by atoms with van der Waals surface area (Å²) in [7, 11) is 0. The van der Waals surface area contributed by atoms with Crippen LogP contribution in [0.15, 0.2) is 58.8 Å². The third-order valence-corrected chi connectivity index (χ3v) is 2.66. The van der Waals surface area contributed by atoms with E-state index >= 15 is 0 Å². The van der Waals surface area contributed by atoms with E-state index in [2.05, 4.69) is 15.1 Å². The first-order valence-corrected chi connectivity index (χ1v) is 5.93. The highest BCUT2D eigenvalue weighted by Gasteiger charge is 2.34. The van der Waals surface area contributed by atoms with Crippen LogP contribution in [-0.4, -0.2) is 0 Å². The summed E-state index contributed by atoms with van der Waals surface area (Å²) in [6.07, 6.45) is -4.53. The molecule has 0 aliphatic carbocycles. The second-order valence-corrected chi connectivity index (χ2v) is 4.05. The molecule has 0 saturated carbocycles. The number of azo groups is 1. The maximum absolute atomic E-state index is 12.9. The molecule has 0 heterocycles. The molecular weight excluding hydrogens is 291 g/mol. The lowest BCUT2D eigenvalue weighted by Crippen LogP contribution is -2.05. The molecule has 0 saturated heterocycles. The van der Waals surface area contributed by atoms with Crippen molar-refractivity contribution in [2.24, 2.45) is 10.2 Å². The molecule has 3 nitrogen and oxygen atoms in total. The van der Waals surface area contributed by atoms with Crippen molar-refractivity contribution in [1.29, 1.82) is 0 Å². The second kappa shape index (κ2) is 5.92. The van der Waals surface area contributed by atoms with Gasteiger partial charge in [-0.3, -0.25) is 4.84 Å². The monoisotopic (exact) mass is 299 g/mol. The van der Waals surface area contributed by atoms with Gasteiger partial charge in [0.15, 0.2) is 0 Å². The molecule has 104 valence electrons. The molecule has 1 N–H and O–H groups in total. The minimum atomic E-state index is -4.53. The Labute approximate surface area is 118 Å². The van der Waals surface area contributed by atoms with E-state index in [4.69, 9.17) is 11.8 Å². The molecule has 7 heteroatoms. The Balaban J connectivity index is 2.39. The Morgan fingerprint density at radius 3 is 2.25 bits per heavy atom. The van der Waals surface area contributed by atoms with Crippen LogP contribution in [-0.2, 0) is 6.18 Å². The van der Waals surface area contributed by atoms with Crippen molar-refractivity contribution in [2.45, 2.75) is 6.18 Å². The maximum atomic E-state index is 12.9. The molecule has 0 amide bonds. The van der Waals surface area contributed by atoms with Crippen molar-refractivity contribution < 1.29 is 13.2 Å². The van der Waals surface area contributed by atoms with Crippen molar-refractivity contribution >= 4 is 28.8 Å². The Morgan fingerprint density at radius 2 is 1.65 bits per heavy atom. The molecule has 2 aromatic rings. The van der Waals surface area contributed by atoms with Crippen LogP contribution in [0.3, 0.4) is 0 Å². The van der Waals surface area contributed by atoms with Crippen LogP contribution < -0.4 is 4.84 Å². The first-order chi connectivity index (χ1) is 9.50. The summed E-state index contributed by atoms with van der Waals surface area (Å²) < 4.78 is 38.8. The van der Waals surface area contributed by atoms with Crippen molar-refractivity contribution in [3.63, 3.8) is 0 Å². The van der Waals surface area contributed by atoms with Crippen LogP contribution in [0.5, 0.6) is 0 Å². The van der Waals surface area contributed by atoms with Crippen molar-refractivity contribution in [2.75, 3.05) is 4.84 Å². The number of hydrogen-bond acceptors (Lipinski definition) is 3. The molecule has 0 spiro atoms. The summed E-state index contributed by atoms with van der Waals surface area (Å²) in [5.74, 6) is 0. The molecule has 2 aromatic carbocycles. The van der Waals surface area contributed by atoms with Gasteiger partial charge in [-0.25, -0.2) is 0 Å². The number of alkyl halides is 3. The van der Waals surface area contributed by atoms with Gasteiger partial charge in [0, 0.05) is 17.5 Å². The lowest BCUT2D eigenvalue weighted by molar-refractivity contribution is -0.137. The molecule has 20 heavy (non-hydrogen) atoms. The SMILES string of the molecule is FC(F)(F)c1cc(NCl)ccc1N=Nc1ccccc1. The third-order valence-electron chi connectivity index (χ3n) is 2.44. The van der Waals surface area contributed by atoms with Gasteiger partial charge in [0.05, 0.1) is 16.9 Å². The number of nitrogens with zero attached hydrogens (tertiary/aromatic N) is 2. The first-order valence-electron chi connectivity index (χ1n) is 5.55. The number of rotatable bonds is 3. The lowest BCUT2D eigenvalue weighted by Gasteiger charge is -2.10. The molecule has 0 bridgehead atoms. The van der Waals surface area contributed by atoms with Crippen LogP contribution in [0.4, 0.5) is 30.2 Å².